The average molecular weight is 508 g/mol. The van der Waals surface area contributed by atoms with E-state index in [2.05, 4.69) is 17.6 Å². The van der Waals surface area contributed by atoms with Crippen molar-refractivity contribution in [2.45, 2.75) is 84.7 Å². The summed E-state index contributed by atoms with van der Waals surface area (Å²) in [5.41, 5.74) is 1.02. The third-order valence-electron chi connectivity index (χ3n) is 6.33. The van der Waals surface area contributed by atoms with Crippen molar-refractivity contribution in [1.82, 2.24) is 15.5 Å². The van der Waals surface area contributed by atoms with E-state index in [1.807, 2.05) is 74.5 Å². The zero-order valence-corrected chi connectivity index (χ0v) is 22.9. The Bertz CT molecular complexity index is 1050. The highest BCUT2D eigenvalue weighted by Gasteiger charge is 2.48. The molecule has 3 rings (SSSR count). The zero-order chi connectivity index (χ0) is 27.2. The molecule has 37 heavy (non-hydrogen) atoms. The van der Waals surface area contributed by atoms with E-state index < -0.39 is 23.8 Å². The topological polar surface area (TPSA) is 87.7 Å². The lowest BCUT2D eigenvalue weighted by Crippen LogP contribution is -2.54. The van der Waals surface area contributed by atoms with E-state index in [9.17, 15) is 14.4 Å². The molecular weight excluding hydrogens is 466 g/mol. The predicted octanol–water partition coefficient (Wildman–Crippen LogP) is 5.22. The lowest BCUT2D eigenvalue weighted by atomic mass is 9.98. The van der Waals surface area contributed by atoms with Gasteiger partial charge in [-0.2, -0.15) is 0 Å². The fraction of sp³-hybridized carbons (Fsp3) is 0.500. The molecule has 4 atom stereocenters. The smallest absolute Gasteiger partial charge is 0.408 e. The van der Waals surface area contributed by atoms with Gasteiger partial charge in [0.1, 0.15) is 17.7 Å². The maximum absolute atomic E-state index is 14.2. The van der Waals surface area contributed by atoms with Crippen molar-refractivity contribution in [1.29, 1.82) is 0 Å². The number of nitrogens with one attached hydrogen (secondary N) is 2. The number of hydrogen-bond acceptors (Lipinski definition) is 4. The van der Waals surface area contributed by atoms with Crippen molar-refractivity contribution in [2.75, 3.05) is 0 Å². The van der Waals surface area contributed by atoms with E-state index in [1.165, 1.54) is 0 Å². The summed E-state index contributed by atoms with van der Waals surface area (Å²) in [5.74, 6) is -0.108. The van der Waals surface area contributed by atoms with Gasteiger partial charge in [0.2, 0.25) is 11.8 Å². The first-order chi connectivity index (χ1) is 17.5. The normalized spacial score (nSPS) is 18.5. The number of nitrogens with zero attached hydrogens (tertiary/aromatic N) is 1. The van der Waals surface area contributed by atoms with E-state index in [4.69, 9.17) is 4.74 Å². The van der Waals surface area contributed by atoms with Crippen LogP contribution >= 0.6 is 0 Å². The maximum atomic E-state index is 14.2. The van der Waals surface area contributed by atoms with Crippen molar-refractivity contribution >= 4 is 17.9 Å². The summed E-state index contributed by atoms with van der Waals surface area (Å²) in [6, 6.07) is 17.4. The van der Waals surface area contributed by atoms with Crippen molar-refractivity contribution in [3.8, 4) is 0 Å². The molecule has 0 bridgehead atoms. The Kier molecular flexibility index (Phi) is 9.35. The zero-order valence-electron chi connectivity index (χ0n) is 22.9. The van der Waals surface area contributed by atoms with Crippen molar-refractivity contribution in [3.05, 3.63) is 71.8 Å². The number of carbonyl (C=O) groups excluding carboxylic acids is 3. The molecule has 1 saturated carbocycles. The molecule has 7 nitrogen and oxygen atoms in total. The maximum Gasteiger partial charge on any atom is 0.408 e. The monoisotopic (exact) mass is 507 g/mol. The third-order valence-corrected chi connectivity index (χ3v) is 6.33. The van der Waals surface area contributed by atoms with Crippen LogP contribution in [0.2, 0.25) is 0 Å². The molecule has 0 spiro atoms. The Morgan fingerprint density at radius 1 is 1.00 bits per heavy atom. The Balaban J connectivity index is 1.93. The predicted molar refractivity (Wildman–Crippen MR) is 144 cm³/mol. The van der Waals surface area contributed by atoms with Crippen LogP contribution in [-0.2, 0) is 20.9 Å². The molecule has 0 aliphatic heterocycles. The summed E-state index contributed by atoms with van der Waals surface area (Å²) < 4.78 is 5.46. The van der Waals surface area contributed by atoms with Gasteiger partial charge in [0.25, 0.3) is 0 Å². The van der Waals surface area contributed by atoms with Gasteiger partial charge in [-0.25, -0.2) is 4.79 Å². The molecule has 7 heteroatoms. The number of ether oxygens (including phenoxy) is 1. The molecule has 2 N–H and O–H groups in total. The van der Waals surface area contributed by atoms with Crippen LogP contribution in [-0.4, -0.2) is 40.5 Å². The van der Waals surface area contributed by atoms with Crippen LogP contribution in [0.5, 0.6) is 0 Å². The summed E-state index contributed by atoms with van der Waals surface area (Å²) >= 11 is 0. The van der Waals surface area contributed by atoms with E-state index in [-0.39, 0.29) is 29.7 Å². The van der Waals surface area contributed by atoms with Gasteiger partial charge in [-0.15, -0.1) is 0 Å². The number of carbonyl (C=O) groups is 3. The standard InChI is InChI=1S/C30H41N3O4/c1-20(2)17-24(32-29(36)37-30(4,5)6)28(35)33(25-18-21(25)3)26(23-15-11-8-12-16-23)27(34)31-19-22-13-9-7-10-14-22/h7-16,20-21,24-26H,17-19H2,1-6H3,(H,31,34)(H,32,36). The molecule has 200 valence electrons. The highest BCUT2D eigenvalue weighted by atomic mass is 16.6. The molecule has 1 aliphatic rings. The van der Waals surface area contributed by atoms with Crippen LogP contribution in [0.4, 0.5) is 4.79 Å². The van der Waals surface area contributed by atoms with E-state index >= 15 is 0 Å². The second kappa shape index (κ2) is 12.3. The van der Waals surface area contributed by atoms with Gasteiger partial charge < -0.3 is 20.3 Å². The Hall–Kier alpha value is -3.35. The molecule has 1 fully saturated rings. The molecule has 4 unspecified atom stereocenters. The lowest BCUT2D eigenvalue weighted by molar-refractivity contribution is -0.143. The minimum atomic E-state index is -0.817. The van der Waals surface area contributed by atoms with Gasteiger partial charge in [-0.1, -0.05) is 81.4 Å². The molecule has 0 radical (unpaired) electrons. The average Bonchev–Trinajstić information content (AvgIpc) is 3.55. The summed E-state index contributed by atoms with van der Waals surface area (Å²) in [5, 5.41) is 5.84. The van der Waals surface area contributed by atoms with Crippen LogP contribution in [0.25, 0.3) is 0 Å². The number of alkyl carbamates (subject to hydrolysis) is 1. The summed E-state index contributed by atoms with van der Waals surface area (Å²) in [6.07, 6.45) is 0.602. The first-order valence-electron chi connectivity index (χ1n) is 13.1. The molecule has 0 aromatic heterocycles. The molecule has 2 aromatic rings. The van der Waals surface area contributed by atoms with Gasteiger partial charge >= 0.3 is 6.09 Å². The Morgan fingerprint density at radius 3 is 2.08 bits per heavy atom. The molecular formula is C30H41N3O4. The van der Waals surface area contributed by atoms with Gasteiger partial charge in [0.05, 0.1) is 0 Å². The van der Waals surface area contributed by atoms with Crippen LogP contribution < -0.4 is 10.6 Å². The minimum absolute atomic E-state index is 0.0877. The second-order valence-corrected chi connectivity index (χ2v) is 11.4. The first kappa shape index (κ1) is 28.2. The molecule has 3 amide bonds. The molecule has 0 saturated heterocycles. The van der Waals surface area contributed by atoms with Crippen molar-refractivity contribution in [3.63, 3.8) is 0 Å². The quantitative estimate of drug-likeness (QED) is 0.462. The highest BCUT2D eigenvalue weighted by Crippen LogP contribution is 2.41. The fourth-order valence-corrected chi connectivity index (χ4v) is 4.45. The third kappa shape index (κ3) is 8.34. The second-order valence-electron chi connectivity index (χ2n) is 11.4. The SMILES string of the molecule is CC(C)CC(NC(=O)OC(C)(C)C)C(=O)N(C(C(=O)NCc1ccccc1)c1ccccc1)C1CC1C. The van der Waals surface area contributed by atoms with Crippen molar-refractivity contribution in [2.24, 2.45) is 11.8 Å². The summed E-state index contributed by atoms with van der Waals surface area (Å²) in [4.78, 5) is 42.3. The lowest BCUT2D eigenvalue weighted by Gasteiger charge is -2.35. The summed E-state index contributed by atoms with van der Waals surface area (Å²) in [7, 11) is 0. The van der Waals surface area contributed by atoms with Gasteiger partial charge in [-0.05, 0) is 56.6 Å². The Labute approximate surface area is 221 Å². The fourth-order valence-electron chi connectivity index (χ4n) is 4.45. The van der Waals surface area contributed by atoms with E-state index in [1.54, 1.807) is 25.7 Å². The van der Waals surface area contributed by atoms with Crippen LogP contribution in [0.15, 0.2) is 60.7 Å². The van der Waals surface area contributed by atoms with Gasteiger partial charge in [0, 0.05) is 12.6 Å². The number of rotatable bonds is 10. The molecule has 2 aromatic carbocycles. The van der Waals surface area contributed by atoms with Crippen LogP contribution in [0, 0.1) is 11.8 Å². The molecule has 1 aliphatic carbocycles. The first-order valence-corrected chi connectivity index (χ1v) is 13.1. The van der Waals surface area contributed by atoms with Crippen LogP contribution in [0.3, 0.4) is 0 Å². The van der Waals surface area contributed by atoms with Crippen molar-refractivity contribution < 1.29 is 19.1 Å². The largest absolute Gasteiger partial charge is 0.444 e. The highest BCUT2D eigenvalue weighted by molar-refractivity contribution is 5.92. The number of amides is 3. The Morgan fingerprint density at radius 2 is 1.57 bits per heavy atom. The minimum Gasteiger partial charge on any atom is -0.444 e. The van der Waals surface area contributed by atoms with Gasteiger partial charge in [0.15, 0.2) is 0 Å². The van der Waals surface area contributed by atoms with Crippen LogP contribution in [0.1, 0.15) is 71.6 Å². The molecule has 0 heterocycles. The number of hydrogen-bond donors (Lipinski definition) is 2. The van der Waals surface area contributed by atoms with E-state index in [0.29, 0.717) is 13.0 Å². The van der Waals surface area contributed by atoms with Gasteiger partial charge in [-0.3, -0.25) is 9.59 Å². The van der Waals surface area contributed by atoms with E-state index in [0.717, 1.165) is 17.5 Å². The number of benzene rings is 2. The summed E-state index contributed by atoms with van der Waals surface area (Å²) in [6.45, 7) is 11.8.